The molecule has 2 rings (SSSR count). The number of carbonyl (C=O) groups is 2. The third-order valence-electron chi connectivity index (χ3n) is 4.35. The molecule has 26 heavy (non-hydrogen) atoms. The first kappa shape index (κ1) is 20.4. The minimum Gasteiger partial charge on any atom is -0.476 e. The van der Waals surface area contributed by atoms with Crippen molar-refractivity contribution >= 4 is 41.9 Å². The Bertz CT molecular complexity index is 750. The minimum atomic E-state index is -1.26. The van der Waals surface area contributed by atoms with Crippen LogP contribution >= 0.6 is 11.8 Å². The van der Waals surface area contributed by atoms with Gasteiger partial charge in [-0.2, -0.15) is 0 Å². The Labute approximate surface area is 156 Å². The smallest absolute Gasteiger partial charge is 0.476 e. The Morgan fingerprint density at radius 2 is 1.88 bits per heavy atom. The van der Waals surface area contributed by atoms with Gasteiger partial charge in [0.1, 0.15) is 0 Å². The monoisotopic (exact) mass is 379 g/mol. The molecule has 0 saturated carbocycles. The van der Waals surface area contributed by atoms with Crippen LogP contribution in [0.25, 0.3) is 6.08 Å². The van der Waals surface area contributed by atoms with Crippen LogP contribution < -0.4 is 5.73 Å². The lowest BCUT2D eigenvalue weighted by Crippen LogP contribution is -2.41. The lowest BCUT2D eigenvalue weighted by molar-refractivity contribution is -0.109. The topological polar surface area (TPSA) is 125 Å². The van der Waals surface area contributed by atoms with Crippen molar-refractivity contribution in [2.24, 2.45) is 0 Å². The van der Waals surface area contributed by atoms with Crippen molar-refractivity contribution < 1.29 is 24.0 Å². The van der Waals surface area contributed by atoms with Crippen LogP contribution in [0.2, 0.25) is 0 Å². The zero-order chi connectivity index (χ0) is 19.7. The van der Waals surface area contributed by atoms with Crippen molar-refractivity contribution in [3.63, 3.8) is 0 Å². The Hall–Kier alpha value is -1.91. The van der Waals surface area contributed by atoms with E-state index in [4.69, 9.17) is 20.1 Å². The molecule has 1 aliphatic rings. The molecule has 0 radical (unpaired) electrons. The van der Waals surface area contributed by atoms with Gasteiger partial charge in [-0.3, -0.25) is 4.79 Å². The van der Waals surface area contributed by atoms with Gasteiger partial charge in [0.2, 0.25) is 0 Å². The largest absolute Gasteiger partial charge is 0.491 e. The highest BCUT2D eigenvalue weighted by atomic mass is 32.2. The van der Waals surface area contributed by atoms with E-state index in [1.54, 1.807) is 6.08 Å². The summed E-state index contributed by atoms with van der Waals surface area (Å²) in [6.07, 6.45) is 2.99. The first-order valence-electron chi connectivity index (χ1n) is 7.98. The van der Waals surface area contributed by atoms with E-state index in [0.29, 0.717) is 16.9 Å². The van der Waals surface area contributed by atoms with Gasteiger partial charge in [-0.15, -0.1) is 0 Å². The summed E-state index contributed by atoms with van der Waals surface area (Å²) in [6, 6.07) is 0. The summed E-state index contributed by atoms with van der Waals surface area (Å²) < 4.78 is 12.1. The van der Waals surface area contributed by atoms with Gasteiger partial charge in [0.15, 0.2) is 16.6 Å². The number of nitrogens with two attached hydrogens (primary N) is 1. The van der Waals surface area contributed by atoms with Crippen LogP contribution in [0.5, 0.6) is 0 Å². The number of rotatable bonds is 5. The van der Waals surface area contributed by atoms with E-state index >= 15 is 0 Å². The van der Waals surface area contributed by atoms with Gasteiger partial charge in [0.05, 0.1) is 23.1 Å². The molecule has 2 heterocycles. The average Bonchev–Trinajstić information content (AvgIpc) is 2.72. The molecule has 0 atom stereocenters. The number of hydrogen-bond donors (Lipinski definition) is 2. The van der Waals surface area contributed by atoms with Crippen molar-refractivity contribution in [2.45, 2.75) is 45.8 Å². The predicted molar refractivity (Wildman–Crippen MR) is 101 cm³/mol. The van der Waals surface area contributed by atoms with Crippen LogP contribution in [-0.2, 0) is 14.1 Å². The molecule has 0 aliphatic carbocycles. The first-order valence-corrected chi connectivity index (χ1v) is 8.97. The number of aromatic carboxylic acids is 1. The van der Waals surface area contributed by atoms with E-state index in [0.717, 1.165) is 11.8 Å². The van der Waals surface area contributed by atoms with Gasteiger partial charge >= 0.3 is 13.1 Å². The standard InChI is InChI=1S/C16H22BN3O5S/c1-9(21)26-8-10(17-24-15(2,3)16(4,5)25-17)6-11-7-19-13(18)12(20-11)14(22)23/h6-7H,8H2,1-5H3,(H2,18,19)(H,22,23). The molecule has 3 N–H and O–H groups in total. The Morgan fingerprint density at radius 1 is 1.31 bits per heavy atom. The van der Waals surface area contributed by atoms with Crippen molar-refractivity contribution in [1.29, 1.82) is 0 Å². The van der Waals surface area contributed by atoms with Gasteiger partial charge in [0, 0.05) is 12.7 Å². The molecule has 140 valence electrons. The quantitative estimate of drug-likeness (QED) is 0.740. The summed E-state index contributed by atoms with van der Waals surface area (Å²) >= 11 is 1.10. The number of hydrogen-bond acceptors (Lipinski definition) is 8. The number of anilines is 1. The minimum absolute atomic E-state index is 0.0537. The maximum absolute atomic E-state index is 11.4. The lowest BCUT2D eigenvalue weighted by Gasteiger charge is -2.32. The predicted octanol–water partition coefficient (Wildman–Crippen LogP) is 2.05. The summed E-state index contributed by atoms with van der Waals surface area (Å²) in [6.45, 7) is 9.17. The van der Waals surface area contributed by atoms with Gasteiger partial charge in [-0.05, 0) is 39.2 Å². The zero-order valence-electron chi connectivity index (χ0n) is 15.4. The van der Waals surface area contributed by atoms with Crippen LogP contribution in [0.15, 0.2) is 11.7 Å². The Balaban J connectivity index is 2.39. The zero-order valence-corrected chi connectivity index (χ0v) is 16.2. The molecule has 1 aliphatic heterocycles. The lowest BCUT2D eigenvalue weighted by atomic mass is 9.78. The average molecular weight is 379 g/mol. The number of nitrogens with zero attached hydrogens (tertiary/aromatic N) is 2. The summed E-state index contributed by atoms with van der Waals surface area (Å²) in [5.41, 5.74) is 5.07. The van der Waals surface area contributed by atoms with E-state index in [2.05, 4.69) is 9.97 Å². The maximum atomic E-state index is 11.4. The highest BCUT2D eigenvalue weighted by Crippen LogP contribution is 2.39. The van der Waals surface area contributed by atoms with Gasteiger partial charge in [0.25, 0.3) is 0 Å². The molecule has 0 unspecified atom stereocenters. The molecule has 1 aromatic heterocycles. The number of nitrogen functional groups attached to an aromatic ring is 1. The van der Waals surface area contributed by atoms with Gasteiger partial charge in [-0.25, -0.2) is 14.8 Å². The van der Waals surface area contributed by atoms with Crippen LogP contribution in [0.4, 0.5) is 5.82 Å². The van der Waals surface area contributed by atoms with E-state index in [9.17, 15) is 9.59 Å². The van der Waals surface area contributed by atoms with Crippen LogP contribution in [0, 0.1) is 0 Å². The molecular formula is C16H22BN3O5S. The van der Waals surface area contributed by atoms with E-state index in [-0.39, 0.29) is 16.6 Å². The number of carbonyl (C=O) groups excluding carboxylic acids is 1. The molecule has 8 nitrogen and oxygen atoms in total. The van der Waals surface area contributed by atoms with E-state index in [1.165, 1.54) is 13.1 Å². The van der Waals surface area contributed by atoms with Crippen molar-refractivity contribution in [3.05, 3.63) is 23.1 Å². The second-order valence-corrected chi connectivity index (χ2v) is 8.07. The second-order valence-electron chi connectivity index (χ2n) is 6.92. The van der Waals surface area contributed by atoms with Crippen LogP contribution in [0.1, 0.15) is 50.8 Å². The summed E-state index contributed by atoms with van der Waals surface area (Å²) in [7, 11) is -0.681. The SMILES string of the molecule is CC(=O)SCC(=Cc1cnc(N)c(C(=O)O)n1)B1OC(C)(C)C(C)(C)O1. The Kier molecular flexibility index (Phi) is 5.79. The first-order chi connectivity index (χ1) is 11.9. The van der Waals surface area contributed by atoms with Crippen molar-refractivity contribution in [2.75, 3.05) is 11.5 Å². The van der Waals surface area contributed by atoms with Crippen molar-refractivity contribution in [3.8, 4) is 0 Å². The molecule has 0 aromatic carbocycles. The fourth-order valence-electron chi connectivity index (χ4n) is 2.19. The normalized spacial score (nSPS) is 18.8. The fraction of sp³-hybridized carbons (Fsp3) is 0.500. The molecule has 0 spiro atoms. The molecule has 1 fully saturated rings. The maximum Gasteiger partial charge on any atom is 0.491 e. The van der Waals surface area contributed by atoms with Crippen LogP contribution in [0.3, 0.4) is 0 Å². The molecular weight excluding hydrogens is 357 g/mol. The van der Waals surface area contributed by atoms with Gasteiger partial charge < -0.3 is 20.1 Å². The molecule has 1 aromatic rings. The molecule has 0 bridgehead atoms. The molecule has 10 heteroatoms. The highest BCUT2D eigenvalue weighted by molar-refractivity contribution is 8.13. The number of thioether (sulfide) groups is 1. The van der Waals surface area contributed by atoms with Crippen molar-refractivity contribution in [1.82, 2.24) is 9.97 Å². The second kappa shape index (κ2) is 7.38. The van der Waals surface area contributed by atoms with E-state index < -0.39 is 24.3 Å². The van der Waals surface area contributed by atoms with Gasteiger partial charge in [-0.1, -0.05) is 11.8 Å². The summed E-state index contributed by atoms with van der Waals surface area (Å²) in [5.74, 6) is -1.11. The van der Waals surface area contributed by atoms with Crippen LogP contribution in [-0.4, -0.2) is 50.2 Å². The number of carboxylic acid groups (broad SMARTS) is 1. The molecule has 0 amide bonds. The Morgan fingerprint density at radius 3 is 2.38 bits per heavy atom. The third kappa shape index (κ3) is 4.43. The number of carboxylic acids is 1. The third-order valence-corrected chi connectivity index (χ3v) is 5.24. The van der Waals surface area contributed by atoms with E-state index in [1.807, 2.05) is 27.7 Å². The highest BCUT2D eigenvalue weighted by Gasteiger charge is 2.52. The summed E-state index contributed by atoms with van der Waals surface area (Å²) in [5, 5.41) is 9.09. The molecule has 1 saturated heterocycles. The number of aromatic nitrogens is 2. The fourth-order valence-corrected chi connectivity index (χ4v) is 2.78. The summed E-state index contributed by atoms with van der Waals surface area (Å²) in [4.78, 5) is 30.5.